The van der Waals surface area contributed by atoms with Crippen LogP contribution in [0.15, 0.2) is 35.8 Å². The van der Waals surface area contributed by atoms with Crippen LogP contribution in [0.4, 0.5) is 0 Å². The molecule has 2 nitrogen and oxygen atoms in total. The molecule has 17 heavy (non-hydrogen) atoms. The second-order valence-corrected chi connectivity index (χ2v) is 5.22. The number of thiazole rings is 1. The van der Waals surface area contributed by atoms with E-state index < -0.39 is 0 Å². The summed E-state index contributed by atoms with van der Waals surface area (Å²) in [6, 6.07) is 8.02. The molecule has 0 saturated carbocycles. The fourth-order valence-electron chi connectivity index (χ4n) is 1.58. The molecule has 0 bridgehead atoms. The van der Waals surface area contributed by atoms with Gasteiger partial charge in [0.2, 0.25) is 0 Å². The van der Waals surface area contributed by atoms with Crippen molar-refractivity contribution in [2.75, 3.05) is 13.1 Å². The average Bonchev–Trinajstić information content (AvgIpc) is 2.84. The lowest BCUT2D eigenvalue weighted by Crippen LogP contribution is -2.20. The molecule has 0 radical (unpaired) electrons. The summed E-state index contributed by atoms with van der Waals surface area (Å²) in [4.78, 5) is 4.25. The summed E-state index contributed by atoms with van der Waals surface area (Å²) in [6.07, 6.45) is 3.90. The van der Waals surface area contributed by atoms with Gasteiger partial charge in [-0.3, -0.25) is 0 Å². The van der Waals surface area contributed by atoms with E-state index in [2.05, 4.69) is 22.4 Å². The summed E-state index contributed by atoms with van der Waals surface area (Å²) in [7, 11) is 0. The minimum Gasteiger partial charge on any atom is -0.316 e. The van der Waals surface area contributed by atoms with Crippen LogP contribution in [0.2, 0.25) is 5.02 Å². The van der Waals surface area contributed by atoms with E-state index >= 15 is 0 Å². The molecule has 1 aromatic carbocycles. The lowest BCUT2D eigenvalue weighted by atomic mass is 10.1. The lowest BCUT2D eigenvalue weighted by Gasteiger charge is -2.03. The summed E-state index contributed by atoms with van der Waals surface area (Å²) >= 11 is 7.54. The zero-order chi connectivity index (χ0) is 11.9. The maximum atomic E-state index is 5.83. The smallest absolute Gasteiger partial charge is 0.0937 e. The van der Waals surface area contributed by atoms with Crippen molar-refractivity contribution >= 4 is 22.9 Å². The Morgan fingerprint density at radius 1 is 1.12 bits per heavy atom. The van der Waals surface area contributed by atoms with Crippen molar-refractivity contribution in [3.05, 3.63) is 51.4 Å². The Labute approximate surface area is 111 Å². The number of halogens is 1. The Morgan fingerprint density at radius 3 is 2.59 bits per heavy atom. The highest BCUT2D eigenvalue weighted by Gasteiger charge is 1.96. The molecular formula is C13H15ClN2S. The van der Waals surface area contributed by atoms with Crippen molar-refractivity contribution in [2.45, 2.75) is 12.8 Å². The maximum Gasteiger partial charge on any atom is 0.0937 e. The van der Waals surface area contributed by atoms with E-state index in [0.717, 1.165) is 31.0 Å². The zero-order valence-electron chi connectivity index (χ0n) is 9.53. The largest absolute Gasteiger partial charge is 0.316 e. The van der Waals surface area contributed by atoms with E-state index in [9.17, 15) is 0 Å². The summed E-state index contributed by atoms with van der Waals surface area (Å²) in [6.45, 7) is 1.98. The second kappa shape index (κ2) is 6.74. The molecule has 0 atom stereocenters. The fraction of sp³-hybridized carbons (Fsp3) is 0.308. The minimum atomic E-state index is 0.797. The van der Waals surface area contributed by atoms with Crippen LogP contribution >= 0.6 is 22.9 Å². The highest BCUT2D eigenvalue weighted by atomic mass is 35.5. The number of nitrogens with zero attached hydrogens (tertiary/aromatic N) is 1. The Kier molecular flexibility index (Phi) is 4.98. The van der Waals surface area contributed by atoms with Gasteiger partial charge in [-0.25, -0.2) is 4.98 Å². The van der Waals surface area contributed by atoms with Crippen molar-refractivity contribution in [1.29, 1.82) is 0 Å². The molecule has 4 heteroatoms. The fourth-order valence-corrected chi connectivity index (χ4v) is 2.33. The first-order valence-electron chi connectivity index (χ1n) is 5.68. The van der Waals surface area contributed by atoms with Crippen molar-refractivity contribution in [1.82, 2.24) is 10.3 Å². The van der Waals surface area contributed by atoms with Crippen LogP contribution in [-0.4, -0.2) is 18.1 Å². The number of aromatic nitrogens is 1. The third kappa shape index (κ3) is 4.46. The second-order valence-electron chi connectivity index (χ2n) is 3.80. The minimum absolute atomic E-state index is 0.797. The molecule has 0 aliphatic heterocycles. The number of hydrogen-bond donors (Lipinski definition) is 1. The van der Waals surface area contributed by atoms with Crippen LogP contribution in [0.3, 0.4) is 0 Å². The van der Waals surface area contributed by atoms with Crippen LogP contribution in [0.1, 0.15) is 10.6 Å². The molecule has 0 saturated heterocycles. The van der Waals surface area contributed by atoms with Gasteiger partial charge >= 0.3 is 0 Å². The molecule has 0 spiro atoms. The van der Waals surface area contributed by atoms with Crippen molar-refractivity contribution in [3.8, 4) is 0 Å². The van der Waals surface area contributed by atoms with Gasteiger partial charge in [-0.2, -0.15) is 0 Å². The molecule has 0 aliphatic rings. The van der Waals surface area contributed by atoms with E-state index in [4.69, 9.17) is 11.6 Å². The number of nitrogens with one attached hydrogen (secondary N) is 1. The maximum absolute atomic E-state index is 5.83. The topological polar surface area (TPSA) is 24.9 Å². The SMILES string of the molecule is Clc1ccc(CCNCCc2nccs2)cc1. The molecule has 1 heterocycles. The van der Waals surface area contributed by atoms with Crippen molar-refractivity contribution in [2.24, 2.45) is 0 Å². The first kappa shape index (κ1) is 12.6. The molecule has 0 fully saturated rings. The summed E-state index contributed by atoms with van der Waals surface area (Å²) in [5.41, 5.74) is 1.32. The van der Waals surface area contributed by atoms with E-state index in [1.54, 1.807) is 11.3 Å². The molecule has 2 rings (SSSR count). The Bertz CT molecular complexity index is 425. The first-order chi connectivity index (χ1) is 8.34. The summed E-state index contributed by atoms with van der Waals surface area (Å²) in [5.74, 6) is 0. The van der Waals surface area contributed by atoms with Gasteiger partial charge in [-0.05, 0) is 30.7 Å². The number of benzene rings is 1. The standard InChI is InChI=1S/C13H15ClN2S/c14-12-3-1-11(2-4-12)5-7-15-8-6-13-16-9-10-17-13/h1-4,9-10,15H,5-8H2. The number of rotatable bonds is 6. The van der Waals surface area contributed by atoms with Crippen molar-refractivity contribution < 1.29 is 0 Å². The van der Waals surface area contributed by atoms with E-state index in [1.807, 2.05) is 23.7 Å². The lowest BCUT2D eigenvalue weighted by molar-refractivity contribution is 0.680. The molecule has 0 amide bonds. The first-order valence-corrected chi connectivity index (χ1v) is 6.94. The highest BCUT2D eigenvalue weighted by Crippen LogP contribution is 2.09. The monoisotopic (exact) mass is 266 g/mol. The van der Waals surface area contributed by atoms with Gasteiger partial charge in [-0.15, -0.1) is 11.3 Å². The van der Waals surface area contributed by atoms with Crippen molar-refractivity contribution in [3.63, 3.8) is 0 Å². The molecule has 1 aromatic heterocycles. The normalized spacial score (nSPS) is 10.6. The molecule has 0 aliphatic carbocycles. The predicted octanol–water partition coefficient (Wildman–Crippen LogP) is 3.17. The van der Waals surface area contributed by atoms with Crippen LogP contribution < -0.4 is 5.32 Å². The highest BCUT2D eigenvalue weighted by molar-refractivity contribution is 7.09. The average molecular weight is 267 g/mol. The van der Waals surface area contributed by atoms with Gasteiger partial charge in [0.25, 0.3) is 0 Å². The molecule has 2 aromatic rings. The van der Waals surface area contributed by atoms with Gasteiger partial charge in [0, 0.05) is 29.6 Å². The molecular weight excluding hydrogens is 252 g/mol. The van der Waals surface area contributed by atoms with E-state index in [-0.39, 0.29) is 0 Å². The van der Waals surface area contributed by atoms with E-state index in [0.29, 0.717) is 0 Å². The third-order valence-corrected chi connectivity index (χ3v) is 3.59. The molecule has 0 unspecified atom stereocenters. The van der Waals surface area contributed by atoms with Gasteiger partial charge in [0.1, 0.15) is 0 Å². The van der Waals surface area contributed by atoms with Crippen LogP contribution in [0.5, 0.6) is 0 Å². The quantitative estimate of drug-likeness (QED) is 0.813. The third-order valence-electron chi connectivity index (χ3n) is 2.50. The number of hydrogen-bond acceptors (Lipinski definition) is 3. The summed E-state index contributed by atoms with van der Waals surface area (Å²) < 4.78 is 0. The van der Waals surface area contributed by atoms with Gasteiger partial charge < -0.3 is 5.32 Å². The van der Waals surface area contributed by atoms with Crippen LogP contribution in [-0.2, 0) is 12.8 Å². The van der Waals surface area contributed by atoms with Crippen LogP contribution in [0, 0.1) is 0 Å². The zero-order valence-corrected chi connectivity index (χ0v) is 11.1. The van der Waals surface area contributed by atoms with Gasteiger partial charge in [-0.1, -0.05) is 23.7 Å². The van der Waals surface area contributed by atoms with Gasteiger partial charge in [0.05, 0.1) is 5.01 Å². The Hall–Kier alpha value is -0.900. The Balaban J connectivity index is 1.61. The molecule has 1 N–H and O–H groups in total. The van der Waals surface area contributed by atoms with E-state index in [1.165, 1.54) is 10.6 Å². The Morgan fingerprint density at radius 2 is 1.88 bits per heavy atom. The van der Waals surface area contributed by atoms with Gasteiger partial charge in [0.15, 0.2) is 0 Å². The summed E-state index contributed by atoms with van der Waals surface area (Å²) in [5, 5.41) is 7.43. The van der Waals surface area contributed by atoms with Crippen LogP contribution in [0.25, 0.3) is 0 Å². The predicted molar refractivity (Wildman–Crippen MR) is 73.8 cm³/mol. The molecule has 90 valence electrons.